The van der Waals surface area contributed by atoms with Gasteiger partial charge in [0.15, 0.2) is 0 Å². The predicted molar refractivity (Wildman–Crippen MR) is 60.0 cm³/mol. The molecule has 4 nitrogen and oxygen atoms in total. The van der Waals surface area contributed by atoms with Gasteiger partial charge in [0.05, 0.1) is 0 Å². The molecule has 16 heavy (non-hydrogen) atoms. The lowest BCUT2D eigenvalue weighted by Gasteiger charge is -2.04. The number of carbonyl (C=O) groups is 1. The van der Waals surface area contributed by atoms with Gasteiger partial charge in [0.1, 0.15) is 5.56 Å². The maximum atomic E-state index is 11.8. The van der Waals surface area contributed by atoms with Gasteiger partial charge in [-0.15, -0.1) is 0 Å². The number of aryl methyl sites for hydroxylation is 1. The van der Waals surface area contributed by atoms with Gasteiger partial charge in [0.25, 0.3) is 5.56 Å². The van der Waals surface area contributed by atoms with Crippen LogP contribution in [-0.2, 0) is 6.42 Å². The van der Waals surface area contributed by atoms with E-state index in [0.29, 0.717) is 5.52 Å². The molecule has 1 N–H and O–H groups in total. The van der Waals surface area contributed by atoms with E-state index >= 15 is 0 Å². The number of aromatic carboxylic acids is 1. The summed E-state index contributed by atoms with van der Waals surface area (Å²) in [4.78, 5) is 22.6. The van der Waals surface area contributed by atoms with Gasteiger partial charge < -0.3 is 5.11 Å². The molecule has 0 radical (unpaired) electrons. The van der Waals surface area contributed by atoms with Crippen LogP contribution in [0.5, 0.6) is 0 Å². The van der Waals surface area contributed by atoms with Gasteiger partial charge in [-0.25, -0.2) is 4.79 Å². The molecule has 0 aromatic carbocycles. The number of pyridine rings is 2. The van der Waals surface area contributed by atoms with E-state index in [0.717, 1.165) is 12.0 Å². The highest BCUT2D eigenvalue weighted by molar-refractivity contribution is 5.87. The lowest BCUT2D eigenvalue weighted by atomic mass is 10.2. The summed E-state index contributed by atoms with van der Waals surface area (Å²) in [6.07, 6.45) is 2.49. The molecule has 2 aromatic heterocycles. The van der Waals surface area contributed by atoms with Crippen molar-refractivity contribution >= 4 is 11.5 Å². The fourth-order valence-corrected chi connectivity index (χ4v) is 1.61. The highest BCUT2D eigenvalue weighted by atomic mass is 16.4. The van der Waals surface area contributed by atoms with Crippen LogP contribution in [0.1, 0.15) is 22.8 Å². The quantitative estimate of drug-likeness (QED) is 0.830. The predicted octanol–water partition coefficient (Wildman–Crippen LogP) is 1.56. The van der Waals surface area contributed by atoms with Gasteiger partial charge >= 0.3 is 5.97 Å². The van der Waals surface area contributed by atoms with Crippen molar-refractivity contribution in [1.29, 1.82) is 0 Å². The van der Waals surface area contributed by atoms with Crippen LogP contribution in [0.2, 0.25) is 0 Å². The van der Waals surface area contributed by atoms with Crippen molar-refractivity contribution in [3.8, 4) is 0 Å². The molecule has 2 rings (SSSR count). The molecule has 0 saturated heterocycles. The van der Waals surface area contributed by atoms with Gasteiger partial charge in [-0.2, -0.15) is 0 Å². The van der Waals surface area contributed by atoms with E-state index in [9.17, 15) is 9.59 Å². The van der Waals surface area contributed by atoms with E-state index in [1.54, 1.807) is 12.3 Å². The molecule has 0 saturated carbocycles. The number of carboxylic acids is 1. The van der Waals surface area contributed by atoms with Crippen molar-refractivity contribution in [3.05, 3.63) is 51.9 Å². The molecule has 0 aliphatic carbocycles. The second kappa shape index (κ2) is 3.81. The first kappa shape index (κ1) is 10.4. The average molecular weight is 217 g/mol. The van der Waals surface area contributed by atoms with Crippen molar-refractivity contribution in [1.82, 2.24) is 4.40 Å². The molecule has 2 heterocycles. The van der Waals surface area contributed by atoms with Crippen LogP contribution in [0, 0.1) is 0 Å². The molecule has 0 bridgehead atoms. The molecule has 4 heteroatoms. The molecular formula is C12H11NO3. The largest absolute Gasteiger partial charge is 0.477 e. The molecule has 0 amide bonds. The van der Waals surface area contributed by atoms with E-state index < -0.39 is 11.5 Å². The molecule has 0 fully saturated rings. The Bertz CT molecular complexity index is 613. The molecule has 0 atom stereocenters. The number of fused-ring (bicyclic) bond motifs is 1. The van der Waals surface area contributed by atoms with Crippen molar-refractivity contribution in [3.63, 3.8) is 0 Å². The third-order valence-corrected chi connectivity index (χ3v) is 2.55. The van der Waals surface area contributed by atoms with E-state index in [1.807, 2.05) is 19.1 Å². The minimum Gasteiger partial charge on any atom is -0.477 e. The number of hydrogen-bond acceptors (Lipinski definition) is 2. The number of nitrogens with zero attached hydrogens (tertiary/aromatic N) is 1. The Morgan fingerprint density at radius 1 is 1.31 bits per heavy atom. The summed E-state index contributed by atoms with van der Waals surface area (Å²) in [5.41, 5.74) is 1.01. The van der Waals surface area contributed by atoms with Crippen LogP contribution >= 0.6 is 0 Å². The van der Waals surface area contributed by atoms with E-state index in [1.165, 1.54) is 10.5 Å². The van der Waals surface area contributed by atoms with Crippen molar-refractivity contribution in [2.45, 2.75) is 13.3 Å². The van der Waals surface area contributed by atoms with Crippen LogP contribution in [0.3, 0.4) is 0 Å². The van der Waals surface area contributed by atoms with Crippen LogP contribution in [0.25, 0.3) is 5.52 Å². The molecular weight excluding hydrogens is 206 g/mol. The minimum absolute atomic E-state index is 0.203. The number of aromatic nitrogens is 1. The summed E-state index contributed by atoms with van der Waals surface area (Å²) in [6, 6.07) is 6.71. The summed E-state index contributed by atoms with van der Waals surface area (Å²) < 4.78 is 1.38. The zero-order valence-corrected chi connectivity index (χ0v) is 8.80. The smallest absolute Gasteiger partial charge is 0.341 e. The standard InChI is InChI=1S/C12H11NO3/c1-2-8-3-4-9-5-6-10(12(15)16)11(14)13(9)7-8/h3-7H,2H2,1H3,(H,15,16). The van der Waals surface area contributed by atoms with E-state index in [2.05, 4.69) is 0 Å². The Morgan fingerprint density at radius 3 is 2.62 bits per heavy atom. The Labute approximate surface area is 91.8 Å². The fraction of sp³-hybridized carbons (Fsp3) is 0.167. The summed E-state index contributed by atoms with van der Waals surface area (Å²) in [5, 5.41) is 8.84. The van der Waals surface area contributed by atoms with Gasteiger partial charge in [0, 0.05) is 11.7 Å². The third-order valence-electron chi connectivity index (χ3n) is 2.55. The summed E-state index contributed by atoms with van der Waals surface area (Å²) in [5.74, 6) is -1.19. The van der Waals surface area contributed by atoms with Crippen molar-refractivity contribution in [2.75, 3.05) is 0 Å². The Kier molecular flexibility index (Phi) is 2.48. The first-order valence-electron chi connectivity index (χ1n) is 5.01. The number of carboxylic acid groups (broad SMARTS) is 1. The minimum atomic E-state index is -1.19. The maximum Gasteiger partial charge on any atom is 0.341 e. The van der Waals surface area contributed by atoms with Gasteiger partial charge in [0.2, 0.25) is 0 Å². The molecule has 82 valence electrons. The molecule has 0 spiro atoms. The Morgan fingerprint density at radius 2 is 2.00 bits per heavy atom. The maximum absolute atomic E-state index is 11.8. The summed E-state index contributed by atoms with van der Waals surface area (Å²) in [7, 11) is 0. The molecule has 0 unspecified atom stereocenters. The highest BCUT2D eigenvalue weighted by Crippen LogP contribution is 2.06. The second-order valence-electron chi connectivity index (χ2n) is 3.54. The second-order valence-corrected chi connectivity index (χ2v) is 3.54. The van der Waals surface area contributed by atoms with Gasteiger partial charge in [-0.05, 0) is 30.2 Å². The van der Waals surface area contributed by atoms with Crippen LogP contribution in [0.4, 0.5) is 0 Å². The zero-order chi connectivity index (χ0) is 11.7. The van der Waals surface area contributed by atoms with Crippen LogP contribution in [-0.4, -0.2) is 15.5 Å². The highest BCUT2D eigenvalue weighted by Gasteiger charge is 2.10. The molecule has 0 aliphatic rings. The first-order chi connectivity index (χ1) is 7.63. The zero-order valence-electron chi connectivity index (χ0n) is 8.80. The summed E-state index contributed by atoms with van der Waals surface area (Å²) in [6.45, 7) is 1.98. The van der Waals surface area contributed by atoms with Crippen molar-refractivity contribution in [2.24, 2.45) is 0 Å². The lowest BCUT2D eigenvalue weighted by Crippen LogP contribution is -2.21. The fourth-order valence-electron chi connectivity index (χ4n) is 1.61. The Balaban J connectivity index is 2.81. The van der Waals surface area contributed by atoms with Crippen LogP contribution < -0.4 is 5.56 Å². The normalized spacial score (nSPS) is 10.6. The SMILES string of the molecule is CCc1ccc2ccc(C(=O)O)c(=O)n2c1. The molecule has 0 aliphatic heterocycles. The lowest BCUT2D eigenvalue weighted by molar-refractivity contribution is 0.0695. The van der Waals surface area contributed by atoms with Gasteiger partial charge in [-0.1, -0.05) is 13.0 Å². The summed E-state index contributed by atoms with van der Waals surface area (Å²) >= 11 is 0. The van der Waals surface area contributed by atoms with Gasteiger partial charge in [-0.3, -0.25) is 9.20 Å². The van der Waals surface area contributed by atoms with Crippen molar-refractivity contribution < 1.29 is 9.90 Å². The first-order valence-corrected chi connectivity index (χ1v) is 5.01. The van der Waals surface area contributed by atoms with E-state index in [4.69, 9.17) is 5.11 Å². The average Bonchev–Trinajstić information content (AvgIpc) is 2.28. The van der Waals surface area contributed by atoms with Crippen LogP contribution in [0.15, 0.2) is 35.3 Å². The number of rotatable bonds is 2. The van der Waals surface area contributed by atoms with E-state index in [-0.39, 0.29) is 5.56 Å². The topological polar surface area (TPSA) is 58.8 Å². The third kappa shape index (κ3) is 1.58. The monoisotopic (exact) mass is 217 g/mol. The number of hydrogen-bond donors (Lipinski definition) is 1. The Hall–Kier alpha value is -2.10. The molecule has 2 aromatic rings.